The lowest BCUT2D eigenvalue weighted by Gasteiger charge is -2.45. The molecule has 15 nitrogen and oxygen atoms in total. The molecule has 0 bridgehead atoms. The highest BCUT2D eigenvalue weighted by Crippen LogP contribution is 2.41. The Labute approximate surface area is 454 Å². The third-order valence-electron chi connectivity index (χ3n) is 15.0. The fourth-order valence-corrected chi connectivity index (χ4v) is 10.3. The lowest BCUT2D eigenvalue weighted by atomic mass is 9.97. The summed E-state index contributed by atoms with van der Waals surface area (Å²) in [4.78, 5) is 54.7. The number of hydrogen-bond acceptors (Lipinski definition) is 15. The summed E-state index contributed by atoms with van der Waals surface area (Å²) in [6.07, 6.45) is 24.6. The van der Waals surface area contributed by atoms with Crippen molar-refractivity contribution in [2.45, 2.75) is 339 Å². The van der Waals surface area contributed by atoms with E-state index in [2.05, 4.69) is 27.7 Å². The van der Waals surface area contributed by atoms with Crippen molar-refractivity contribution in [1.82, 2.24) is 0 Å². The van der Waals surface area contributed by atoms with Crippen LogP contribution in [0.2, 0.25) is 0 Å². The molecule has 9 atom stereocenters. The van der Waals surface area contributed by atoms with Gasteiger partial charge in [0.15, 0.2) is 24.4 Å². The summed E-state index contributed by atoms with van der Waals surface area (Å²) in [5, 5.41) is 44.2. The Bertz CT molecular complexity index is 1430. The fourth-order valence-electron chi connectivity index (χ4n) is 10.3. The van der Waals surface area contributed by atoms with Crippen LogP contribution in [0, 0.1) is 0 Å². The minimum atomic E-state index is -2.40. The van der Waals surface area contributed by atoms with Crippen LogP contribution >= 0.6 is 0 Å². The van der Waals surface area contributed by atoms with E-state index >= 15 is 0 Å². The Morgan fingerprint density at radius 3 is 1.00 bits per heavy atom. The minimum absolute atomic E-state index is 0.00198. The monoisotopic (exact) mass is 1070 g/mol. The second-order valence-electron chi connectivity index (χ2n) is 21.7. The first kappa shape index (κ1) is 68.7. The molecule has 4 N–H and O–H groups in total. The molecule has 2 fully saturated rings. The maximum absolute atomic E-state index is 13.8. The largest absolute Gasteiger partial charge is 0.455 e. The van der Waals surface area contributed by atoms with Crippen LogP contribution in [-0.2, 0) is 52.3 Å². The van der Waals surface area contributed by atoms with E-state index in [1.165, 1.54) is 103 Å². The first-order chi connectivity index (χ1) is 36.5. The molecule has 15 heteroatoms. The average molecular weight is 1070 g/mol. The fraction of sp³-hybridized carbons (Fsp3) is 0.933. The van der Waals surface area contributed by atoms with Gasteiger partial charge in [0.25, 0.3) is 0 Å². The molecule has 2 rings (SSSR count). The molecule has 0 aliphatic carbocycles. The molecular weight excluding hydrogens is 961 g/mol. The van der Waals surface area contributed by atoms with Crippen LogP contribution in [0.4, 0.5) is 0 Å². The average Bonchev–Trinajstić information content (AvgIpc) is 3.68. The van der Waals surface area contributed by atoms with Crippen LogP contribution in [0.3, 0.4) is 0 Å². The molecule has 2 heterocycles. The molecule has 75 heavy (non-hydrogen) atoms. The number of carbonyl (C=O) groups is 4. The second kappa shape index (κ2) is 44.5. The lowest BCUT2D eigenvalue weighted by molar-refractivity contribution is -0.384. The van der Waals surface area contributed by atoms with Gasteiger partial charge in [0.2, 0.25) is 12.1 Å². The van der Waals surface area contributed by atoms with Gasteiger partial charge in [-0.15, -0.1) is 0 Å². The van der Waals surface area contributed by atoms with E-state index in [-0.39, 0.29) is 25.7 Å². The molecular formula is C60H110O15. The molecule has 0 radical (unpaired) electrons. The van der Waals surface area contributed by atoms with Gasteiger partial charge in [0.05, 0.1) is 13.2 Å². The number of ether oxygens (including phenoxy) is 7. The van der Waals surface area contributed by atoms with Crippen molar-refractivity contribution in [3.05, 3.63) is 0 Å². The van der Waals surface area contributed by atoms with E-state index < -0.39 is 98.5 Å². The van der Waals surface area contributed by atoms with Crippen LogP contribution in [0.1, 0.15) is 285 Å². The van der Waals surface area contributed by atoms with Crippen molar-refractivity contribution in [2.75, 3.05) is 19.8 Å². The van der Waals surface area contributed by atoms with E-state index in [1.54, 1.807) is 0 Å². The van der Waals surface area contributed by atoms with E-state index in [0.29, 0.717) is 25.7 Å². The number of esters is 4. The van der Waals surface area contributed by atoms with Gasteiger partial charge in [0, 0.05) is 25.7 Å². The molecule has 0 unspecified atom stereocenters. The zero-order valence-corrected chi connectivity index (χ0v) is 47.8. The maximum Gasteiger partial charge on any atom is 0.306 e. The molecule has 0 saturated carbocycles. The third kappa shape index (κ3) is 29.4. The highest BCUT2D eigenvalue weighted by molar-refractivity contribution is 5.71. The quantitative estimate of drug-likeness (QED) is 0.0253. The van der Waals surface area contributed by atoms with Crippen molar-refractivity contribution >= 4 is 23.9 Å². The van der Waals surface area contributed by atoms with Gasteiger partial charge >= 0.3 is 23.9 Å². The number of hydrogen-bond donors (Lipinski definition) is 4. The smallest absolute Gasteiger partial charge is 0.306 e. The van der Waals surface area contributed by atoms with Crippen molar-refractivity contribution in [1.29, 1.82) is 0 Å². The lowest BCUT2D eigenvalue weighted by Crippen LogP contribution is -2.65. The van der Waals surface area contributed by atoms with Gasteiger partial charge in [-0.1, -0.05) is 233 Å². The van der Waals surface area contributed by atoms with Crippen molar-refractivity contribution < 1.29 is 72.8 Å². The second-order valence-corrected chi connectivity index (χ2v) is 21.7. The Morgan fingerprint density at radius 1 is 0.387 bits per heavy atom. The van der Waals surface area contributed by atoms with Crippen molar-refractivity contribution in [3.8, 4) is 0 Å². The summed E-state index contributed by atoms with van der Waals surface area (Å²) in [6, 6.07) is 0. The SMILES string of the molecule is CCCCCCCCCCCC(=O)O[C@@H]1[C@@H](CO)O[C@@](CO)(O[C@H]2O[C@H](CO)[C@@H](O)[C@H](OC(=O)CCCCCCCCCCC)[C@H]2OC(=O)CCCCCCCCCCC)[C@H]1OC(=O)CCCCCCCCCCC. The first-order valence-corrected chi connectivity index (χ1v) is 30.8. The third-order valence-corrected chi connectivity index (χ3v) is 15.0. The van der Waals surface area contributed by atoms with Gasteiger partial charge < -0.3 is 53.6 Å². The van der Waals surface area contributed by atoms with Gasteiger partial charge in [0.1, 0.15) is 24.9 Å². The number of carbonyl (C=O) groups excluding carboxylic acids is 4. The molecule has 0 spiro atoms. The molecule has 0 aromatic rings. The zero-order chi connectivity index (χ0) is 54.8. The van der Waals surface area contributed by atoms with E-state index in [1.807, 2.05) is 0 Å². The van der Waals surface area contributed by atoms with Gasteiger partial charge in [-0.05, 0) is 25.7 Å². The standard InChI is InChI=1S/C60H110O15/c1-5-9-13-17-21-25-29-33-37-41-50(64)70-55-49(46-62)74-60(47-63,58(55)73-53(67)44-40-36-32-28-24-20-16-12-8-4)75-59-57(72-52(66)43-39-35-31-27-23-19-15-11-7-3)56(54(68)48(45-61)69-59)71-51(65)42-38-34-30-26-22-18-14-10-6-2/h48-49,54-59,61-63,68H,5-47H2,1-4H3/t48-,49-,54-,55-,56+,57-,58+,59-,60+/m1/s1. The van der Waals surface area contributed by atoms with Gasteiger partial charge in [-0.3, -0.25) is 19.2 Å². The maximum atomic E-state index is 13.8. The molecule has 0 amide bonds. The van der Waals surface area contributed by atoms with Crippen molar-refractivity contribution in [2.24, 2.45) is 0 Å². The van der Waals surface area contributed by atoms with Crippen LogP contribution in [-0.4, -0.2) is 119 Å². The van der Waals surface area contributed by atoms with Gasteiger partial charge in [-0.2, -0.15) is 0 Å². The molecule has 0 aromatic carbocycles. The van der Waals surface area contributed by atoms with Crippen molar-refractivity contribution in [3.63, 3.8) is 0 Å². The predicted octanol–water partition coefficient (Wildman–Crippen LogP) is 12.5. The van der Waals surface area contributed by atoms with Crippen LogP contribution < -0.4 is 0 Å². The summed E-state index contributed by atoms with van der Waals surface area (Å²) in [7, 11) is 0. The molecule has 0 aromatic heterocycles. The molecule has 2 saturated heterocycles. The van der Waals surface area contributed by atoms with Crippen LogP contribution in [0.25, 0.3) is 0 Å². The van der Waals surface area contributed by atoms with E-state index in [4.69, 9.17) is 33.2 Å². The summed E-state index contributed by atoms with van der Waals surface area (Å²) >= 11 is 0. The summed E-state index contributed by atoms with van der Waals surface area (Å²) < 4.78 is 42.9. The normalized spacial score (nSPS) is 23.6. The number of aliphatic hydroxyl groups is 4. The van der Waals surface area contributed by atoms with Crippen LogP contribution in [0.15, 0.2) is 0 Å². The zero-order valence-electron chi connectivity index (χ0n) is 47.8. The minimum Gasteiger partial charge on any atom is -0.455 e. The first-order valence-electron chi connectivity index (χ1n) is 30.8. The van der Waals surface area contributed by atoms with E-state index in [0.717, 1.165) is 103 Å². The number of unbranched alkanes of at least 4 members (excludes halogenated alkanes) is 32. The molecule has 2 aliphatic rings. The summed E-state index contributed by atoms with van der Waals surface area (Å²) in [6.45, 7) is 6.22. The Balaban J connectivity index is 2.39. The number of aliphatic hydroxyl groups excluding tert-OH is 4. The topological polar surface area (TPSA) is 214 Å². The predicted molar refractivity (Wildman–Crippen MR) is 292 cm³/mol. The highest BCUT2D eigenvalue weighted by atomic mass is 16.8. The summed E-state index contributed by atoms with van der Waals surface area (Å²) in [5.41, 5.74) is 0. The Kier molecular flexibility index (Phi) is 40.7. The molecule has 440 valence electrons. The Morgan fingerprint density at radius 2 is 0.680 bits per heavy atom. The summed E-state index contributed by atoms with van der Waals surface area (Å²) in [5.74, 6) is -5.02. The van der Waals surface area contributed by atoms with E-state index in [9.17, 15) is 39.6 Å². The van der Waals surface area contributed by atoms with Crippen LogP contribution in [0.5, 0.6) is 0 Å². The Hall–Kier alpha value is -2.40. The highest BCUT2D eigenvalue weighted by Gasteiger charge is 2.63. The number of rotatable bonds is 49. The van der Waals surface area contributed by atoms with Gasteiger partial charge in [-0.25, -0.2) is 0 Å². The molecule has 2 aliphatic heterocycles.